The summed E-state index contributed by atoms with van der Waals surface area (Å²) < 4.78 is 4.75. The maximum atomic E-state index is 11.7. The minimum absolute atomic E-state index is 0.482. The third kappa shape index (κ3) is 1.83. The average molecular weight is 278 g/mol. The molecule has 0 unspecified atom stereocenters. The summed E-state index contributed by atoms with van der Waals surface area (Å²) in [5, 5.41) is 15.6. The van der Waals surface area contributed by atoms with Crippen LogP contribution in [0.1, 0.15) is 9.75 Å². The third-order valence-corrected chi connectivity index (χ3v) is 4.58. The normalized spacial score (nSPS) is 11.0. The van der Waals surface area contributed by atoms with Gasteiger partial charge in [-0.2, -0.15) is 0 Å². The van der Waals surface area contributed by atoms with Crippen LogP contribution in [-0.4, -0.2) is 5.16 Å². The Bertz CT molecular complexity index is 697. The molecule has 0 spiro atoms. The van der Waals surface area contributed by atoms with Crippen LogP contribution in [0.4, 0.5) is 0 Å². The van der Waals surface area contributed by atoms with Gasteiger partial charge in [-0.3, -0.25) is 4.63 Å². The van der Waals surface area contributed by atoms with Crippen molar-refractivity contribution < 1.29 is 9.53 Å². The second-order valence-corrected chi connectivity index (χ2v) is 6.52. The van der Waals surface area contributed by atoms with Crippen LogP contribution in [0.5, 0.6) is 0 Å². The van der Waals surface area contributed by atoms with Gasteiger partial charge in [0.25, 0.3) is 5.69 Å². The first-order valence-corrected chi connectivity index (χ1v) is 7.02. The van der Waals surface area contributed by atoms with Gasteiger partial charge in [-0.25, -0.2) is 0 Å². The molecule has 0 radical (unpaired) electrons. The smallest absolute Gasteiger partial charge is 0.267 e. The molecule has 0 saturated carbocycles. The van der Waals surface area contributed by atoms with E-state index in [0.29, 0.717) is 16.3 Å². The summed E-state index contributed by atoms with van der Waals surface area (Å²) in [6.07, 6.45) is 0. The van der Waals surface area contributed by atoms with E-state index in [4.69, 9.17) is 4.63 Å². The fourth-order valence-corrected chi connectivity index (χ4v) is 3.48. The molecule has 3 aromatic heterocycles. The number of hydrogen-bond donors (Lipinski definition) is 0. The molecular formula is C12H10N2O2S2. The van der Waals surface area contributed by atoms with Gasteiger partial charge in [-0.1, -0.05) is 0 Å². The highest BCUT2D eigenvalue weighted by Gasteiger charge is 2.24. The fraction of sp³-hybridized carbons (Fsp3) is 0.167. The molecule has 3 heterocycles. The molecule has 6 heteroatoms. The van der Waals surface area contributed by atoms with Gasteiger partial charge in [-0.15, -0.1) is 22.7 Å². The Hall–Kier alpha value is -1.66. The van der Waals surface area contributed by atoms with Crippen molar-refractivity contribution >= 4 is 22.7 Å². The minimum atomic E-state index is 0.482. The Labute approximate surface area is 112 Å². The SMILES string of the molecule is Cc1ccc(-c2no[n+]([O-])c2-c2ccc(C)s2)s1. The quantitative estimate of drug-likeness (QED) is 0.675. The van der Waals surface area contributed by atoms with E-state index in [0.717, 1.165) is 14.6 Å². The van der Waals surface area contributed by atoms with Crippen molar-refractivity contribution in [3.05, 3.63) is 39.2 Å². The van der Waals surface area contributed by atoms with Crippen LogP contribution in [-0.2, 0) is 0 Å². The lowest BCUT2D eigenvalue weighted by Crippen LogP contribution is -2.24. The lowest BCUT2D eigenvalue weighted by Gasteiger charge is -1.93. The molecule has 18 heavy (non-hydrogen) atoms. The molecule has 0 amide bonds. The second-order valence-electron chi connectivity index (χ2n) is 3.95. The van der Waals surface area contributed by atoms with Gasteiger partial charge in [0.1, 0.15) is 0 Å². The Balaban J connectivity index is 2.18. The zero-order valence-electron chi connectivity index (χ0n) is 9.84. The summed E-state index contributed by atoms with van der Waals surface area (Å²) in [4.78, 5) is 4.64. The number of rotatable bonds is 2. The molecule has 3 aromatic rings. The standard InChI is InChI=1S/C12H10N2O2S2/c1-7-3-5-9(17-7)11-12(14(15)16-13-11)10-6-4-8(2)18-10/h3-6H,1-2H3. The van der Waals surface area contributed by atoms with Gasteiger partial charge in [0.2, 0.25) is 5.69 Å². The maximum absolute atomic E-state index is 11.7. The van der Waals surface area contributed by atoms with Gasteiger partial charge in [-0.05, 0) is 43.0 Å². The van der Waals surface area contributed by atoms with Gasteiger partial charge in [0.15, 0.2) is 0 Å². The molecule has 0 atom stereocenters. The van der Waals surface area contributed by atoms with Crippen LogP contribution in [0, 0.1) is 19.1 Å². The Morgan fingerprint density at radius 3 is 2.22 bits per heavy atom. The Morgan fingerprint density at radius 2 is 1.67 bits per heavy atom. The van der Waals surface area contributed by atoms with Crippen molar-refractivity contribution in [2.45, 2.75) is 13.8 Å². The lowest BCUT2D eigenvalue weighted by molar-refractivity contribution is -0.793. The Kier molecular flexibility index (Phi) is 2.68. The number of nitrogens with zero attached hydrogens (tertiary/aromatic N) is 2. The van der Waals surface area contributed by atoms with Crippen LogP contribution in [0.3, 0.4) is 0 Å². The van der Waals surface area contributed by atoms with E-state index < -0.39 is 0 Å². The largest absolute Gasteiger partial charge is 0.359 e. The summed E-state index contributed by atoms with van der Waals surface area (Å²) in [7, 11) is 0. The van der Waals surface area contributed by atoms with Crippen molar-refractivity contribution in [3.8, 4) is 21.1 Å². The number of aromatic nitrogens is 2. The highest BCUT2D eigenvalue weighted by Crippen LogP contribution is 2.35. The first-order chi connectivity index (χ1) is 8.65. The third-order valence-electron chi connectivity index (χ3n) is 2.56. The molecule has 0 fully saturated rings. The summed E-state index contributed by atoms with van der Waals surface area (Å²) in [5.74, 6) is 0. The fourth-order valence-electron chi connectivity index (χ4n) is 1.74. The maximum Gasteiger partial charge on any atom is 0.267 e. The van der Waals surface area contributed by atoms with E-state index in [1.54, 1.807) is 22.7 Å². The summed E-state index contributed by atoms with van der Waals surface area (Å²) >= 11 is 3.16. The molecule has 0 aliphatic rings. The molecular weight excluding hydrogens is 268 g/mol. The molecule has 92 valence electrons. The van der Waals surface area contributed by atoms with Crippen molar-refractivity contribution in [1.29, 1.82) is 0 Å². The number of hydrogen-bond acceptors (Lipinski definition) is 5. The summed E-state index contributed by atoms with van der Waals surface area (Å²) in [6, 6.07) is 7.87. The van der Waals surface area contributed by atoms with Crippen molar-refractivity contribution in [2.24, 2.45) is 0 Å². The van der Waals surface area contributed by atoms with Crippen molar-refractivity contribution in [1.82, 2.24) is 5.16 Å². The van der Waals surface area contributed by atoms with Crippen LogP contribution in [0.2, 0.25) is 0 Å². The zero-order valence-corrected chi connectivity index (χ0v) is 11.5. The molecule has 0 bridgehead atoms. The average Bonchev–Trinajstić information content (AvgIpc) is 2.99. The molecule has 3 rings (SSSR count). The van der Waals surface area contributed by atoms with Gasteiger partial charge in [0, 0.05) is 14.9 Å². The lowest BCUT2D eigenvalue weighted by atomic mass is 10.2. The van der Waals surface area contributed by atoms with Crippen LogP contribution in [0.15, 0.2) is 28.9 Å². The van der Waals surface area contributed by atoms with Gasteiger partial charge >= 0.3 is 0 Å². The second kappa shape index (κ2) is 4.22. The van der Waals surface area contributed by atoms with Crippen LogP contribution in [0.25, 0.3) is 21.1 Å². The molecule has 4 nitrogen and oxygen atoms in total. The zero-order chi connectivity index (χ0) is 12.7. The van der Waals surface area contributed by atoms with Crippen LogP contribution >= 0.6 is 22.7 Å². The highest BCUT2D eigenvalue weighted by molar-refractivity contribution is 7.16. The summed E-state index contributed by atoms with van der Waals surface area (Å²) in [6.45, 7) is 4.03. The van der Waals surface area contributed by atoms with E-state index in [9.17, 15) is 5.21 Å². The first-order valence-electron chi connectivity index (χ1n) is 5.38. The molecule has 0 aliphatic heterocycles. The predicted molar refractivity (Wildman–Crippen MR) is 71.6 cm³/mol. The molecule has 0 aromatic carbocycles. The molecule has 0 aliphatic carbocycles. The van der Waals surface area contributed by atoms with Gasteiger partial charge < -0.3 is 5.21 Å². The number of thiophene rings is 2. The van der Waals surface area contributed by atoms with E-state index >= 15 is 0 Å². The Morgan fingerprint density at radius 1 is 1.06 bits per heavy atom. The van der Waals surface area contributed by atoms with Gasteiger partial charge in [0.05, 0.1) is 9.75 Å². The van der Waals surface area contributed by atoms with E-state index in [2.05, 4.69) is 5.16 Å². The monoisotopic (exact) mass is 278 g/mol. The molecule has 0 N–H and O–H groups in total. The minimum Gasteiger partial charge on any atom is -0.359 e. The summed E-state index contributed by atoms with van der Waals surface area (Å²) in [5.41, 5.74) is 1.11. The van der Waals surface area contributed by atoms with Crippen molar-refractivity contribution in [2.75, 3.05) is 0 Å². The van der Waals surface area contributed by atoms with Crippen molar-refractivity contribution in [3.63, 3.8) is 0 Å². The topological polar surface area (TPSA) is 53.0 Å². The molecule has 0 saturated heterocycles. The van der Waals surface area contributed by atoms with E-state index in [1.165, 1.54) is 4.88 Å². The number of aryl methyl sites for hydroxylation is 2. The van der Waals surface area contributed by atoms with E-state index in [1.807, 2.05) is 38.1 Å². The first kappa shape index (κ1) is 11.4. The highest BCUT2D eigenvalue weighted by atomic mass is 32.1. The predicted octanol–water partition coefficient (Wildman–Crippen LogP) is 3.38. The van der Waals surface area contributed by atoms with E-state index in [-0.39, 0.29) is 0 Å². The van der Waals surface area contributed by atoms with Crippen LogP contribution < -0.4 is 4.90 Å².